The first-order valence-corrected chi connectivity index (χ1v) is 7.96. The molecule has 0 aliphatic rings. The van der Waals surface area contributed by atoms with Gasteiger partial charge in [-0.25, -0.2) is 0 Å². The Hall–Kier alpha value is -1.38. The van der Waals surface area contributed by atoms with Crippen molar-refractivity contribution in [1.29, 1.82) is 0 Å². The minimum absolute atomic E-state index is 0.0832. The van der Waals surface area contributed by atoms with E-state index in [9.17, 15) is 0 Å². The second-order valence-electron chi connectivity index (χ2n) is 6.31. The highest BCUT2D eigenvalue weighted by Gasteiger charge is 2.31. The van der Waals surface area contributed by atoms with Crippen LogP contribution in [0.15, 0.2) is 42.5 Å². The van der Waals surface area contributed by atoms with E-state index in [1.807, 2.05) is 0 Å². The summed E-state index contributed by atoms with van der Waals surface area (Å²) >= 11 is 0. The topological polar surface area (TPSA) is 29.3 Å². The van der Waals surface area contributed by atoms with Gasteiger partial charge in [0, 0.05) is 12.0 Å². The quantitative estimate of drug-likeness (QED) is 0.838. The number of rotatable bonds is 7. The lowest BCUT2D eigenvalue weighted by Gasteiger charge is -2.35. The number of nitrogens with zero attached hydrogens (tertiary/aromatic N) is 1. The molecule has 0 unspecified atom stereocenters. The number of nitrogens with two attached hydrogens (primary N) is 1. The van der Waals surface area contributed by atoms with Crippen LogP contribution in [-0.2, 0) is 5.41 Å². The molecule has 2 aromatic rings. The summed E-state index contributed by atoms with van der Waals surface area (Å²) in [6, 6.07) is 15.3. The maximum atomic E-state index is 6.28. The van der Waals surface area contributed by atoms with Crippen LogP contribution in [0.4, 0.5) is 0 Å². The van der Waals surface area contributed by atoms with E-state index in [-0.39, 0.29) is 5.41 Å². The molecule has 0 saturated carbocycles. The molecule has 0 aliphatic carbocycles. The fourth-order valence-electron chi connectivity index (χ4n) is 3.31. The summed E-state index contributed by atoms with van der Waals surface area (Å²) in [6.45, 7) is 4.04. The first-order valence-electron chi connectivity index (χ1n) is 7.96. The Morgan fingerprint density at radius 1 is 1.00 bits per heavy atom. The van der Waals surface area contributed by atoms with Gasteiger partial charge in [-0.05, 0) is 49.8 Å². The lowest BCUT2D eigenvalue weighted by molar-refractivity contribution is 0.302. The molecule has 0 fully saturated rings. The molecule has 21 heavy (non-hydrogen) atoms. The van der Waals surface area contributed by atoms with Crippen molar-refractivity contribution in [2.45, 2.75) is 31.6 Å². The molecule has 0 bridgehead atoms. The Morgan fingerprint density at radius 3 is 2.38 bits per heavy atom. The highest BCUT2D eigenvalue weighted by Crippen LogP contribution is 2.36. The molecular formula is C19H28N2. The summed E-state index contributed by atoms with van der Waals surface area (Å²) < 4.78 is 0. The number of hydrogen-bond donors (Lipinski definition) is 1. The van der Waals surface area contributed by atoms with Gasteiger partial charge in [0.25, 0.3) is 0 Å². The zero-order valence-electron chi connectivity index (χ0n) is 13.6. The van der Waals surface area contributed by atoms with E-state index in [1.54, 1.807) is 0 Å². The van der Waals surface area contributed by atoms with Gasteiger partial charge >= 0.3 is 0 Å². The van der Waals surface area contributed by atoms with Gasteiger partial charge in [0.15, 0.2) is 0 Å². The van der Waals surface area contributed by atoms with Crippen LogP contribution in [0.25, 0.3) is 10.8 Å². The molecular weight excluding hydrogens is 256 g/mol. The molecule has 0 spiro atoms. The zero-order valence-corrected chi connectivity index (χ0v) is 13.6. The number of benzene rings is 2. The fraction of sp³-hybridized carbons (Fsp3) is 0.474. The minimum Gasteiger partial charge on any atom is -0.330 e. The van der Waals surface area contributed by atoms with Crippen LogP contribution in [0.5, 0.6) is 0 Å². The van der Waals surface area contributed by atoms with E-state index in [0.29, 0.717) is 6.54 Å². The molecule has 0 radical (unpaired) electrons. The number of fused-ring (bicyclic) bond motifs is 1. The second kappa shape index (κ2) is 7.06. The normalized spacial score (nSPS) is 14.5. The highest BCUT2D eigenvalue weighted by molar-refractivity contribution is 5.86. The average Bonchev–Trinajstić information content (AvgIpc) is 2.51. The summed E-state index contributed by atoms with van der Waals surface area (Å²) in [5.41, 5.74) is 7.79. The standard InChI is InChI=1S/C19H28N2/c1-4-12-19(15-20,13-14-21(2)3)18-11-7-9-16-8-5-6-10-17(16)18/h5-11H,4,12-15,20H2,1-3H3/t19-/m0/s1. The molecule has 1 atom stereocenters. The smallest absolute Gasteiger partial charge is 0.00937 e. The van der Waals surface area contributed by atoms with Crippen LogP contribution in [0.2, 0.25) is 0 Å². The maximum Gasteiger partial charge on any atom is 0.00937 e. The van der Waals surface area contributed by atoms with Crippen molar-refractivity contribution < 1.29 is 0 Å². The van der Waals surface area contributed by atoms with E-state index in [2.05, 4.69) is 68.4 Å². The first-order chi connectivity index (χ1) is 10.1. The molecule has 0 aromatic heterocycles. The van der Waals surface area contributed by atoms with Crippen molar-refractivity contribution in [2.75, 3.05) is 27.2 Å². The van der Waals surface area contributed by atoms with Gasteiger partial charge in [0.05, 0.1) is 0 Å². The van der Waals surface area contributed by atoms with E-state index >= 15 is 0 Å². The molecule has 114 valence electrons. The molecule has 0 saturated heterocycles. The predicted octanol–water partition coefficient (Wildman–Crippen LogP) is 3.79. The van der Waals surface area contributed by atoms with Gasteiger partial charge in [-0.2, -0.15) is 0 Å². The second-order valence-corrected chi connectivity index (χ2v) is 6.31. The third-order valence-corrected chi connectivity index (χ3v) is 4.52. The minimum atomic E-state index is 0.0832. The van der Waals surface area contributed by atoms with E-state index in [1.165, 1.54) is 16.3 Å². The zero-order chi connectivity index (χ0) is 15.3. The van der Waals surface area contributed by atoms with Crippen LogP contribution >= 0.6 is 0 Å². The van der Waals surface area contributed by atoms with E-state index < -0.39 is 0 Å². The predicted molar refractivity (Wildman–Crippen MR) is 92.8 cm³/mol. The number of hydrogen-bond acceptors (Lipinski definition) is 2. The van der Waals surface area contributed by atoms with Crippen LogP contribution < -0.4 is 5.73 Å². The van der Waals surface area contributed by atoms with Crippen LogP contribution in [0, 0.1) is 0 Å². The van der Waals surface area contributed by atoms with Crippen LogP contribution in [-0.4, -0.2) is 32.1 Å². The Kier molecular flexibility index (Phi) is 5.38. The molecule has 2 nitrogen and oxygen atoms in total. The Labute approximate surface area is 128 Å². The van der Waals surface area contributed by atoms with Crippen molar-refractivity contribution in [3.05, 3.63) is 48.0 Å². The summed E-state index contributed by atoms with van der Waals surface area (Å²) in [7, 11) is 4.27. The Morgan fingerprint density at radius 2 is 1.71 bits per heavy atom. The summed E-state index contributed by atoms with van der Waals surface area (Å²) in [5.74, 6) is 0. The summed E-state index contributed by atoms with van der Waals surface area (Å²) in [6.07, 6.45) is 3.41. The molecule has 2 aromatic carbocycles. The average molecular weight is 284 g/mol. The maximum absolute atomic E-state index is 6.28. The lowest BCUT2D eigenvalue weighted by atomic mass is 9.72. The monoisotopic (exact) mass is 284 g/mol. The molecule has 0 heterocycles. The SMILES string of the molecule is CCC[C@@](CN)(CCN(C)C)c1cccc2ccccc12. The largest absolute Gasteiger partial charge is 0.330 e. The van der Waals surface area contributed by atoms with E-state index in [0.717, 1.165) is 25.8 Å². The van der Waals surface area contributed by atoms with Crippen molar-refractivity contribution in [3.63, 3.8) is 0 Å². The summed E-state index contributed by atoms with van der Waals surface area (Å²) in [4.78, 5) is 2.26. The van der Waals surface area contributed by atoms with Gasteiger partial charge in [-0.1, -0.05) is 55.8 Å². The first kappa shape index (κ1) is 16.0. The van der Waals surface area contributed by atoms with Gasteiger partial charge < -0.3 is 10.6 Å². The van der Waals surface area contributed by atoms with Gasteiger partial charge in [-0.3, -0.25) is 0 Å². The van der Waals surface area contributed by atoms with E-state index in [4.69, 9.17) is 5.73 Å². The Bertz CT molecular complexity index is 571. The van der Waals surface area contributed by atoms with Crippen LogP contribution in [0.1, 0.15) is 31.7 Å². The van der Waals surface area contributed by atoms with Crippen molar-refractivity contribution in [3.8, 4) is 0 Å². The van der Waals surface area contributed by atoms with Crippen molar-refractivity contribution in [1.82, 2.24) is 4.90 Å². The van der Waals surface area contributed by atoms with Gasteiger partial charge in [0.2, 0.25) is 0 Å². The highest BCUT2D eigenvalue weighted by atomic mass is 15.0. The van der Waals surface area contributed by atoms with Crippen molar-refractivity contribution >= 4 is 10.8 Å². The van der Waals surface area contributed by atoms with Crippen LogP contribution in [0.3, 0.4) is 0 Å². The Balaban J connectivity index is 2.52. The molecule has 2 N–H and O–H groups in total. The van der Waals surface area contributed by atoms with Gasteiger partial charge in [-0.15, -0.1) is 0 Å². The van der Waals surface area contributed by atoms with Crippen molar-refractivity contribution in [2.24, 2.45) is 5.73 Å². The molecule has 2 rings (SSSR count). The summed E-state index contributed by atoms with van der Waals surface area (Å²) in [5, 5.41) is 2.67. The molecule has 0 amide bonds. The fourth-order valence-corrected chi connectivity index (χ4v) is 3.31. The van der Waals surface area contributed by atoms with Gasteiger partial charge in [0.1, 0.15) is 0 Å². The molecule has 0 aliphatic heterocycles. The molecule has 2 heteroatoms. The lowest BCUT2D eigenvalue weighted by Crippen LogP contribution is -2.38. The third-order valence-electron chi connectivity index (χ3n) is 4.52. The third kappa shape index (κ3) is 3.45.